The first kappa shape index (κ1) is 20.0. The third-order valence-electron chi connectivity index (χ3n) is 4.72. The molecule has 0 bridgehead atoms. The highest BCUT2D eigenvalue weighted by atomic mass is 16.5. The van der Waals surface area contributed by atoms with Crippen molar-refractivity contribution in [1.29, 1.82) is 0 Å². The third kappa shape index (κ3) is 5.16. The van der Waals surface area contributed by atoms with Gasteiger partial charge in [-0.3, -0.25) is 14.4 Å². The summed E-state index contributed by atoms with van der Waals surface area (Å²) in [4.78, 5) is 38.2. The molecule has 2 aliphatic rings. The van der Waals surface area contributed by atoms with E-state index in [4.69, 9.17) is 9.47 Å². The summed E-state index contributed by atoms with van der Waals surface area (Å²) < 4.78 is 10.4. The Balaban J connectivity index is 1.43. The smallest absolute Gasteiger partial charge is 0.307 e. The molecule has 0 aromatic heterocycles. The van der Waals surface area contributed by atoms with Gasteiger partial charge in [0.15, 0.2) is 6.10 Å². The van der Waals surface area contributed by atoms with Crippen LogP contribution in [0.25, 0.3) is 0 Å². The summed E-state index contributed by atoms with van der Waals surface area (Å²) in [6, 6.07) is 9.70. The lowest BCUT2D eigenvalue weighted by Crippen LogP contribution is -2.46. The number of morpholine rings is 1. The van der Waals surface area contributed by atoms with Crippen molar-refractivity contribution in [2.75, 3.05) is 32.8 Å². The zero-order valence-corrected chi connectivity index (χ0v) is 16.0. The van der Waals surface area contributed by atoms with Crippen molar-refractivity contribution < 1.29 is 23.9 Å². The lowest BCUT2D eigenvalue weighted by Gasteiger charge is -2.28. The Morgan fingerprint density at radius 2 is 1.82 bits per heavy atom. The van der Waals surface area contributed by atoms with E-state index in [0.29, 0.717) is 39.3 Å². The second kappa shape index (κ2) is 9.45. The van der Waals surface area contributed by atoms with E-state index in [1.165, 1.54) is 5.01 Å². The molecule has 2 amide bonds. The zero-order valence-electron chi connectivity index (χ0n) is 16.0. The van der Waals surface area contributed by atoms with E-state index in [2.05, 4.69) is 5.10 Å². The number of esters is 1. The Morgan fingerprint density at radius 3 is 2.54 bits per heavy atom. The highest BCUT2D eigenvalue weighted by Gasteiger charge is 2.26. The van der Waals surface area contributed by atoms with Crippen LogP contribution in [-0.2, 0) is 23.9 Å². The molecule has 1 unspecified atom stereocenters. The molecule has 8 nitrogen and oxygen atoms in total. The minimum atomic E-state index is -0.866. The lowest BCUT2D eigenvalue weighted by molar-refractivity contribution is -0.161. The number of amides is 2. The van der Waals surface area contributed by atoms with Crippen LogP contribution in [0.3, 0.4) is 0 Å². The molecule has 1 aromatic rings. The Kier molecular flexibility index (Phi) is 6.76. The van der Waals surface area contributed by atoms with Crippen LogP contribution >= 0.6 is 0 Å². The Morgan fingerprint density at radius 1 is 1.11 bits per heavy atom. The largest absolute Gasteiger partial charge is 0.453 e. The predicted octanol–water partition coefficient (Wildman–Crippen LogP) is 1.19. The van der Waals surface area contributed by atoms with Gasteiger partial charge in [-0.25, -0.2) is 5.01 Å². The van der Waals surface area contributed by atoms with Crippen LogP contribution in [0.5, 0.6) is 0 Å². The normalized spacial score (nSPS) is 17.8. The summed E-state index contributed by atoms with van der Waals surface area (Å²) in [5.41, 5.74) is 1.86. The van der Waals surface area contributed by atoms with E-state index in [1.807, 2.05) is 30.3 Å². The van der Waals surface area contributed by atoms with Gasteiger partial charge in [0.05, 0.1) is 31.9 Å². The van der Waals surface area contributed by atoms with Crippen LogP contribution in [0.1, 0.15) is 31.7 Å². The molecule has 150 valence electrons. The van der Waals surface area contributed by atoms with Crippen LogP contribution < -0.4 is 0 Å². The van der Waals surface area contributed by atoms with E-state index in [0.717, 1.165) is 11.3 Å². The third-order valence-corrected chi connectivity index (χ3v) is 4.72. The molecule has 1 atom stereocenters. The summed E-state index contributed by atoms with van der Waals surface area (Å²) in [5, 5.41) is 5.76. The van der Waals surface area contributed by atoms with Gasteiger partial charge in [-0.2, -0.15) is 5.10 Å². The molecule has 2 aliphatic heterocycles. The predicted molar refractivity (Wildman–Crippen MR) is 101 cm³/mol. The number of ether oxygens (including phenoxy) is 2. The van der Waals surface area contributed by atoms with Crippen LogP contribution in [-0.4, -0.2) is 72.4 Å². The summed E-state index contributed by atoms with van der Waals surface area (Å²) in [6.45, 7) is 4.02. The van der Waals surface area contributed by atoms with Crippen molar-refractivity contribution in [2.45, 2.75) is 32.3 Å². The molecule has 0 saturated carbocycles. The van der Waals surface area contributed by atoms with Crippen molar-refractivity contribution >= 4 is 23.5 Å². The summed E-state index contributed by atoms with van der Waals surface area (Å²) in [7, 11) is 0. The van der Waals surface area contributed by atoms with E-state index in [-0.39, 0.29) is 24.7 Å². The monoisotopic (exact) mass is 387 g/mol. The lowest BCUT2D eigenvalue weighted by atomic mass is 10.1. The second-order valence-corrected chi connectivity index (χ2v) is 6.75. The van der Waals surface area contributed by atoms with Crippen LogP contribution in [0.2, 0.25) is 0 Å². The van der Waals surface area contributed by atoms with Gasteiger partial charge < -0.3 is 14.4 Å². The van der Waals surface area contributed by atoms with Gasteiger partial charge in [-0.1, -0.05) is 30.3 Å². The highest BCUT2D eigenvalue weighted by Crippen LogP contribution is 2.15. The Hall–Kier alpha value is -2.74. The van der Waals surface area contributed by atoms with E-state index in [1.54, 1.807) is 11.8 Å². The van der Waals surface area contributed by atoms with Gasteiger partial charge in [0.25, 0.3) is 5.91 Å². The average Bonchev–Trinajstić information content (AvgIpc) is 3.23. The summed E-state index contributed by atoms with van der Waals surface area (Å²) in [6.07, 6.45) is -0.254. The first-order chi connectivity index (χ1) is 13.5. The van der Waals surface area contributed by atoms with E-state index >= 15 is 0 Å². The molecular formula is C20H25N3O5. The SMILES string of the molecule is CC(OC(=O)CCC(=O)N1CCC(c2ccccc2)=N1)C(=O)N1CCOCC1. The van der Waals surface area contributed by atoms with E-state index < -0.39 is 12.1 Å². The Bertz CT molecular complexity index is 743. The van der Waals surface area contributed by atoms with Gasteiger partial charge >= 0.3 is 5.97 Å². The average molecular weight is 387 g/mol. The minimum absolute atomic E-state index is 0.00285. The van der Waals surface area contributed by atoms with Crippen LogP contribution in [0.4, 0.5) is 0 Å². The fourth-order valence-electron chi connectivity index (χ4n) is 3.16. The number of benzene rings is 1. The number of carbonyl (C=O) groups excluding carboxylic acids is 3. The highest BCUT2D eigenvalue weighted by molar-refractivity contribution is 6.02. The van der Waals surface area contributed by atoms with Gasteiger partial charge in [0.1, 0.15) is 0 Å². The van der Waals surface area contributed by atoms with Crippen molar-refractivity contribution in [3.8, 4) is 0 Å². The molecule has 0 N–H and O–H groups in total. The van der Waals surface area contributed by atoms with Crippen molar-refractivity contribution in [3.05, 3.63) is 35.9 Å². The Labute approximate surface area is 164 Å². The van der Waals surface area contributed by atoms with Gasteiger partial charge in [0.2, 0.25) is 5.91 Å². The van der Waals surface area contributed by atoms with Crippen LogP contribution in [0.15, 0.2) is 35.4 Å². The van der Waals surface area contributed by atoms with Gasteiger partial charge in [-0.05, 0) is 12.5 Å². The molecular weight excluding hydrogens is 362 g/mol. The number of hydrogen-bond acceptors (Lipinski definition) is 6. The van der Waals surface area contributed by atoms with Crippen molar-refractivity contribution in [3.63, 3.8) is 0 Å². The maximum absolute atomic E-state index is 12.3. The number of hydrogen-bond donors (Lipinski definition) is 0. The molecule has 0 radical (unpaired) electrons. The minimum Gasteiger partial charge on any atom is -0.453 e. The van der Waals surface area contributed by atoms with Crippen molar-refractivity contribution in [1.82, 2.24) is 9.91 Å². The molecule has 2 heterocycles. The molecule has 28 heavy (non-hydrogen) atoms. The molecule has 1 saturated heterocycles. The van der Waals surface area contributed by atoms with Gasteiger partial charge in [-0.15, -0.1) is 0 Å². The fourth-order valence-corrected chi connectivity index (χ4v) is 3.16. The van der Waals surface area contributed by atoms with Crippen LogP contribution in [0, 0.1) is 0 Å². The van der Waals surface area contributed by atoms with Crippen molar-refractivity contribution in [2.24, 2.45) is 5.10 Å². The first-order valence-electron chi connectivity index (χ1n) is 9.54. The topological polar surface area (TPSA) is 88.5 Å². The quantitative estimate of drug-likeness (QED) is 0.684. The second-order valence-electron chi connectivity index (χ2n) is 6.75. The molecule has 3 rings (SSSR count). The number of nitrogens with zero attached hydrogens (tertiary/aromatic N) is 3. The number of rotatable bonds is 6. The van der Waals surface area contributed by atoms with Gasteiger partial charge in [0, 0.05) is 25.9 Å². The number of hydrazone groups is 1. The molecule has 1 aromatic carbocycles. The zero-order chi connectivity index (χ0) is 19.9. The van der Waals surface area contributed by atoms with E-state index in [9.17, 15) is 14.4 Å². The number of carbonyl (C=O) groups is 3. The summed E-state index contributed by atoms with van der Waals surface area (Å²) >= 11 is 0. The fraction of sp³-hybridized carbons (Fsp3) is 0.500. The first-order valence-corrected chi connectivity index (χ1v) is 9.54. The molecule has 8 heteroatoms. The molecule has 0 aliphatic carbocycles. The standard InChI is InChI=1S/C20H25N3O5/c1-15(20(26)22-11-13-27-14-12-22)28-19(25)8-7-18(24)23-10-9-17(21-23)16-5-3-2-4-6-16/h2-6,15H,7-14H2,1H3. The molecule has 0 spiro atoms. The summed E-state index contributed by atoms with van der Waals surface area (Å²) in [5.74, 6) is -1.02. The maximum Gasteiger partial charge on any atom is 0.307 e. The maximum atomic E-state index is 12.3. The molecule has 1 fully saturated rings.